The number of allylic oxidation sites excluding steroid dienone is 1. The molecule has 0 radical (unpaired) electrons. The fourth-order valence-corrected chi connectivity index (χ4v) is 0. The fraction of sp³-hybridized carbons (Fsp3) is 0.500. The maximum Gasteiger partial charge on any atom is 0 e. The molecule has 0 spiro atoms. The van der Waals surface area contributed by atoms with Crippen LogP contribution in [0, 0.1) is 6.58 Å². The van der Waals surface area contributed by atoms with Gasteiger partial charge in [-0.3, -0.25) is 6.08 Å². The molecule has 0 aromatic heterocycles. The Kier molecular flexibility index (Phi) is 16.0. The molecule has 0 unspecified atom stereocenters. The summed E-state index contributed by atoms with van der Waals surface area (Å²) in [5.41, 5.74) is 0. The van der Waals surface area contributed by atoms with Crippen LogP contribution in [0.5, 0.6) is 0 Å². The van der Waals surface area contributed by atoms with E-state index < -0.39 is 0 Å². The molecule has 0 nitrogen and oxygen atoms in total. The SMILES string of the molecule is [CH-]=CCC.[Zn]. The van der Waals surface area contributed by atoms with Crippen molar-refractivity contribution in [3.63, 3.8) is 0 Å². The second kappa shape index (κ2) is 8.84. The molecule has 0 aliphatic rings. The van der Waals surface area contributed by atoms with Crippen LogP contribution >= 0.6 is 0 Å². The molecule has 26 valence electrons. The average Bonchev–Trinajstić information content (AvgIpc) is 1.37. The molecule has 0 aromatic rings. The molecule has 0 fully saturated rings. The Hall–Kier alpha value is 0.363. The van der Waals surface area contributed by atoms with Gasteiger partial charge in [0.1, 0.15) is 0 Å². The van der Waals surface area contributed by atoms with Crippen molar-refractivity contribution in [3.8, 4) is 0 Å². The van der Waals surface area contributed by atoms with E-state index in [0.717, 1.165) is 6.42 Å². The van der Waals surface area contributed by atoms with E-state index in [1.807, 2.05) is 6.92 Å². The number of rotatable bonds is 1. The summed E-state index contributed by atoms with van der Waals surface area (Å²) in [5, 5.41) is 0. The summed E-state index contributed by atoms with van der Waals surface area (Å²) in [6, 6.07) is 0. The second-order valence-electron chi connectivity index (χ2n) is 0.644. The van der Waals surface area contributed by atoms with Gasteiger partial charge in [0.05, 0.1) is 0 Å². The molecule has 0 heterocycles. The van der Waals surface area contributed by atoms with Crippen molar-refractivity contribution in [2.45, 2.75) is 13.3 Å². The average molecular weight is 120 g/mol. The van der Waals surface area contributed by atoms with E-state index in [9.17, 15) is 0 Å². The third-order valence-electron chi connectivity index (χ3n) is 0.236. The molecular formula is C4H7Zn-. The van der Waals surface area contributed by atoms with E-state index in [1.165, 1.54) is 0 Å². The maximum absolute atomic E-state index is 4.90. The zero-order chi connectivity index (χ0) is 3.41. The van der Waals surface area contributed by atoms with Gasteiger partial charge in [-0.2, -0.15) is 0 Å². The van der Waals surface area contributed by atoms with Crippen LogP contribution in [0.2, 0.25) is 0 Å². The quantitative estimate of drug-likeness (QED) is 0.362. The van der Waals surface area contributed by atoms with Crippen molar-refractivity contribution in [3.05, 3.63) is 12.7 Å². The summed E-state index contributed by atoms with van der Waals surface area (Å²) in [7, 11) is 0. The van der Waals surface area contributed by atoms with E-state index in [1.54, 1.807) is 6.08 Å². The monoisotopic (exact) mass is 119 g/mol. The van der Waals surface area contributed by atoms with Crippen LogP contribution < -0.4 is 0 Å². The third-order valence-corrected chi connectivity index (χ3v) is 0.236. The molecule has 5 heavy (non-hydrogen) atoms. The van der Waals surface area contributed by atoms with Crippen LogP contribution in [0.3, 0.4) is 0 Å². The van der Waals surface area contributed by atoms with Crippen molar-refractivity contribution in [1.82, 2.24) is 0 Å². The minimum Gasteiger partial charge on any atom is -0.518 e. The van der Waals surface area contributed by atoms with Gasteiger partial charge in [-0.15, -0.1) is 0 Å². The smallest absolute Gasteiger partial charge is 0 e. The molecular weight excluding hydrogens is 113 g/mol. The van der Waals surface area contributed by atoms with E-state index in [4.69, 9.17) is 6.58 Å². The van der Waals surface area contributed by atoms with Crippen molar-refractivity contribution >= 4 is 0 Å². The third kappa shape index (κ3) is 13.1. The minimum atomic E-state index is 0. The van der Waals surface area contributed by atoms with Gasteiger partial charge in [0.2, 0.25) is 0 Å². The van der Waals surface area contributed by atoms with Crippen LogP contribution in [0.15, 0.2) is 6.08 Å². The van der Waals surface area contributed by atoms with Crippen LogP contribution in [0.1, 0.15) is 13.3 Å². The van der Waals surface area contributed by atoms with Gasteiger partial charge in [0, 0.05) is 19.5 Å². The number of hydrogen-bond acceptors (Lipinski definition) is 0. The van der Waals surface area contributed by atoms with Crippen LogP contribution in [-0.4, -0.2) is 0 Å². The Morgan fingerprint density at radius 2 is 2.00 bits per heavy atom. The Bertz CT molecular complexity index is 17.6. The van der Waals surface area contributed by atoms with Crippen molar-refractivity contribution < 1.29 is 19.5 Å². The first-order chi connectivity index (χ1) is 1.91. The molecule has 0 saturated carbocycles. The summed E-state index contributed by atoms with van der Waals surface area (Å²) >= 11 is 0. The summed E-state index contributed by atoms with van der Waals surface area (Å²) < 4.78 is 0. The van der Waals surface area contributed by atoms with Gasteiger partial charge in [-0.1, -0.05) is 13.3 Å². The van der Waals surface area contributed by atoms with Gasteiger partial charge in [-0.05, 0) is 0 Å². The molecule has 0 aliphatic carbocycles. The van der Waals surface area contributed by atoms with Crippen molar-refractivity contribution in [1.29, 1.82) is 0 Å². The maximum atomic E-state index is 4.90. The van der Waals surface area contributed by atoms with Gasteiger partial charge in [-0.25, -0.2) is 0 Å². The molecule has 0 bridgehead atoms. The Balaban J connectivity index is 0. The van der Waals surface area contributed by atoms with Crippen molar-refractivity contribution in [2.24, 2.45) is 0 Å². The second-order valence-corrected chi connectivity index (χ2v) is 0.644. The van der Waals surface area contributed by atoms with Crippen LogP contribution in [0.4, 0.5) is 0 Å². The largest absolute Gasteiger partial charge is 0.518 e. The molecule has 1 heteroatoms. The summed E-state index contributed by atoms with van der Waals surface area (Å²) in [6.45, 7) is 6.90. The van der Waals surface area contributed by atoms with Crippen LogP contribution in [0.25, 0.3) is 0 Å². The van der Waals surface area contributed by atoms with Crippen molar-refractivity contribution in [2.75, 3.05) is 0 Å². The molecule has 0 aliphatic heterocycles. The molecule has 0 atom stereocenters. The van der Waals surface area contributed by atoms with Crippen LogP contribution in [-0.2, 0) is 19.5 Å². The van der Waals surface area contributed by atoms with E-state index >= 15 is 0 Å². The van der Waals surface area contributed by atoms with E-state index in [-0.39, 0.29) is 19.5 Å². The van der Waals surface area contributed by atoms with Gasteiger partial charge in [0.15, 0.2) is 0 Å². The van der Waals surface area contributed by atoms with Gasteiger partial charge in [0.25, 0.3) is 0 Å². The Morgan fingerprint density at radius 3 is 2.00 bits per heavy atom. The standard InChI is InChI=1S/C4H7.Zn/c1-3-4-2;/h1,3H,4H2,2H3;/q-1;. The predicted octanol–water partition coefficient (Wildman–Crippen LogP) is 1.38. The van der Waals surface area contributed by atoms with Gasteiger partial charge < -0.3 is 6.58 Å². The first-order valence-electron chi connectivity index (χ1n) is 1.45. The zero-order valence-corrected chi connectivity index (χ0v) is 6.54. The molecule has 0 saturated heterocycles. The topological polar surface area (TPSA) is 0 Å². The Morgan fingerprint density at radius 1 is 1.80 bits per heavy atom. The number of hydrogen-bond donors (Lipinski definition) is 0. The normalized spacial score (nSPS) is 5.00. The fourth-order valence-electron chi connectivity index (χ4n) is 0. The van der Waals surface area contributed by atoms with E-state index in [2.05, 4.69) is 0 Å². The van der Waals surface area contributed by atoms with E-state index in [0.29, 0.717) is 0 Å². The first kappa shape index (κ1) is 9.03. The molecule has 0 amide bonds. The first-order valence-corrected chi connectivity index (χ1v) is 1.45. The summed E-state index contributed by atoms with van der Waals surface area (Å²) in [5.74, 6) is 0. The predicted molar refractivity (Wildman–Crippen MR) is 19.2 cm³/mol. The Labute approximate surface area is 46.0 Å². The molecule has 0 rings (SSSR count). The molecule has 0 aromatic carbocycles. The zero-order valence-electron chi connectivity index (χ0n) is 3.57. The summed E-state index contributed by atoms with van der Waals surface area (Å²) in [4.78, 5) is 0. The summed E-state index contributed by atoms with van der Waals surface area (Å²) in [6.07, 6.45) is 2.60. The molecule has 0 N–H and O–H groups in total. The minimum absolute atomic E-state index is 0. The van der Waals surface area contributed by atoms with Gasteiger partial charge >= 0.3 is 0 Å².